The van der Waals surface area contributed by atoms with Crippen LogP contribution in [0.5, 0.6) is 0 Å². The van der Waals surface area contributed by atoms with Gasteiger partial charge in [0.2, 0.25) is 0 Å². The lowest BCUT2D eigenvalue weighted by atomic mass is 10.1. The maximum absolute atomic E-state index is 4.71. The summed E-state index contributed by atoms with van der Waals surface area (Å²) in [7, 11) is 0. The fraction of sp³-hybridized carbons (Fsp3) is 0.400. The molecular formula is C15H18BrN3. The number of piperidine rings is 1. The highest BCUT2D eigenvalue weighted by Crippen LogP contribution is 2.28. The van der Waals surface area contributed by atoms with E-state index in [9.17, 15) is 0 Å². The van der Waals surface area contributed by atoms with Crippen molar-refractivity contribution in [3.63, 3.8) is 0 Å². The molecule has 3 rings (SSSR count). The summed E-state index contributed by atoms with van der Waals surface area (Å²) in [5, 5.41) is 8.11. The van der Waals surface area contributed by atoms with Crippen LogP contribution in [0.15, 0.2) is 34.9 Å². The van der Waals surface area contributed by atoms with Crippen molar-refractivity contribution in [1.29, 1.82) is 0 Å². The highest BCUT2D eigenvalue weighted by molar-refractivity contribution is 9.10. The fourth-order valence-corrected chi connectivity index (χ4v) is 3.08. The zero-order chi connectivity index (χ0) is 13.2. The lowest BCUT2D eigenvalue weighted by Crippen LogP contribution is -2.29. The lowest BCUT2D eigenvalue weighted by molar-refractivity contribution is 0.342. The van der Waals surface area contributed by atoms with E-state index in [4.69, 9.17) is 5.10 Å². The van der Waals surface area contributed by atoms with Gasteiger partial charge in [-0.15, -0.1) is 0 Å². The van der Waals surface area contributed by atoms with Gasteiger partial charge >= 0.3 is 0 Å². The van der Waals surface area contributed by atoms with E-state index >= 15 is 0 Å². The molecule has 0 aliphatic carbocycles. The Morgan fingerprint density at radius 3 is 2.84 bits per heavy atom. The van der Waals surface area contributed by atoms with Crippen LogP contribution in [0.2, 0.25) is 0 Å². The van der Waals surface area contributed by atoms with Gasteiger partial charge in [0.1, 0.15) is 0 Å². The molecule has 2 aromatic rings. The maximum atomic E-state index is 4.71. The van der Waals surface area contributed by atoms with Crippen molar-refractivity contribution < 1.29 is 0 Å². The predicted molar refractivity (Wildman–Crippen MR) is 81.2 cm³/mol. The molecule has 0 spiro atoms. The predicted octanol–water partition coefficient (Wildman–Crippen LogP) is 3.55. The quantitative estimate of drug-likeness (QED) is 0.917. The SMILES string of the molecule is Cc1nn(C2CCNCC2)cc1-c1cccc(Br)c1. The third kappa shape index (κ3) is 2.74. The molecule has 0 amide bonds. The van der Waals surface area contributed by atoms with Crippen LogP contribution in [0.4, 0.5) is 0 Å². The Kier molecular flexibility index (Phi) is 3.71. The van der Waals surface area contributed by atoms with Crippen molar-refractivity contribution in [2.45, 2.75) is 25.8 Å². The molecule has 3 nitrogen and oxygen atoms in total. The van der Waals surface area contributed by atoms with Crippen molar-refractivity contribution in [3.8, 4) is 11.1 Å². The standard InChI is InChI=1S/C15H18BrN3/c1-11-15(12-3-2-4-13(16)9-12)10-19(18-11)14-5-7-17-8-6-14/h2-4,9-10,14,17H,5-8H2,1H3. The minimum Gasteiger partial charge on any atom is -0.317 e. The van der Waals surface area contributed by atoms with Crippen molar-refractivity contribution in [2.75, 3.05) is 13.1 Å². The van der Waals surface area contributed by atoms with Crippen LogP contribution in [-0.2, 0) is 0 Å². The van der Waals surface area contributed by atoms with Crippen LogP contribution < -0.4 is 5.32 Å². The van der Waals surface area contributed by atoms with Crippen LogP contribution in [0.1, 0.15) is 24.6 Å². The van der Waals surface area contributed by atoms with E-state index in [1.165, 1.54) is 24.0 Å². The molecule has 19 heavy (non-hydrogen) atoms. The number of benzene rings is 1. The van der Waals surface area contributed by atoms with E-state index < -0.39 is 0 Å². The van der Waals surface area contributed by atoms with Gasteiger partial charge in [-0.1, -0.05) is 28.1 Å². The van der Waals surface area contributed by atoms with E-state index in [1.54, 1.807) is 0 Å². The van der Waals surface area contributed by atoms with Crippen LogP contribution >= 0.6 is 15.9 Å². The second kappa shape index (κ2) is 5.47. The topological polar surface area (TPSA) is 29.9 Å². The van der Waals surface area contributed by atoms with E-state index in [-0.39, 0.29) is 0 Å². The summed E-state index contributed by atoms with van der Waals surface area (Å²) in [6.45, 7) is 4.28. The molecule has 0 bridgehead atoms. The summed E-state index contributed by atoms with van der Waals surface area (Å²) in [4.78, 5) is 0. The number of aryl methyl sites for hydroxylation is 1. The second-order valence-corrected chi connectivity index (χ2v) is 6.02. The number of hydrogen-bond acceptors (Lipinski definition) is 2. The van der Waals surface area contributed by atoms with Crippen molar-refractivity contribution in [1.82, 2.24) is 15.1 Å². The molecule has 0 unspecified atom stereocenters. The zero-order valence-electron chi connectivity index (χ0n) is 11.1. The first kappa shape index (κ1) is 12.9. The number of halogens is 1. The molecule has 4 heteroatoms. The summed E-state index contributed by atoms with van der Waals surface area (Å²) in [6.07, 6.45) is 4.53. The number of aromatic nitrogens is 2. The highest BCUT2D eigenvalue weighted by Gasteiger charge is 2.17. The Labute approximate surface area is 122 Å². The molecule has 2 heterocycles. The summed E-state index contributed by atoms with van der Waals surface area (Å²) in [5.74, 6) is 0. The van der Waals surface area contributed by atoms with E-state index in [0.29, 0.717) is 6.04 Å². The molecule has 1 N–H and O–H groups in total. The first-order valence-corrected chi connectivity index (χ1v) is 7.56. The molecular weight excluding hydrogens is 302 g/mol. The van der Waals surface area contributed by atoms with Crippen LogP contribution in [-0.4, -0.2) is 22.9 Å². The second-order valence-electron chi connectivity index (χ2n) is 5.10. The molecule has 1 aromatic carbocycles. The number of nitrogens with zero attached hydrogens (tertiary/aromatic N) is 2. The summed E-state index contributed by atoms with van der Waals surface area (Å²) in [5.41, 5.74) is 3.57. The highest BCUT2D eigenvalue weighted by atomic mass is 79.9. The monoisotopic (exact) mass is 319 g/mol. The molecule has 0 radical (unpaired) electrons. The smallest absolute Gasteiger partial charge is 0.0672 e. The molecule has 1 aromatic heterocycles. The molecule has 100 valence electrons. The average Bonchev–Trinajstić information content (AvgIpc) is 2.82. The molecule has 1 fully saturated rings. The van der Waals surface area contributed by atoms with Crippen LogP contribution in [0.25, 0.3) is 11.1 Å². The third-order valence-corrected chi connectivity index (χ3v) is 4.23. The van der Waals surface area contributed by atoms with Crippen molar-refractivity contribution in [3.05, 3.63) is 40.6 Å². The first-order chi connectivity index (χ1) is 9.24. The molecule has 1 aliphatic heterocycles. The fourth-order valence-electron chi connectivity index (χ4n) is 2.68. The van der Waals surface area contributed by atoms with Gasteiger partial charge in [0.25, 0.3) is 0 Å². The Morgan fingerprint density at radius 1 is 1.32 bits per heavy atom. The Bertz CT molecular complexity index is 571. The molecule has 0 atom stereocenters. The van der Waals surface area contributed by atoms with E-state index in [2.05, 4.69) is 63.3 Å². The van der Waals surface area contributed by atoms with Gasteiger partial charge < -0.3 is 5.32 Å². The van der Waals surface area contributed by atoms with Gasteiger partial charge in [-0.25, -0.2) is 0 Å². The van der Waals surface area contributed by atoms with E-state index in [1.807, 2.05) is 0 Å². The number of nitrogens with one attached hydrogen (secondary N) is 1. The summed E-state index contributed by atoms with van der Waals surface area (Å²) < 4.78 is 3.27. The van der Waals surface area contributed by atoms with Gasteiger partial charge in [0.15, 0.2) is 0 Å². The maximum Gasteiger partial charge on any atom is 0.0672 e. The van der Waals surface area contributed by atoms with Gasteiger partial charge in [0, 0.05) is 16.2 Å². The Balaban J connectivity index is 1.92. The summed E-state index contributed by atoms with van der Waals surface area (Å²) in [6, 6.07) is 8.95. The van der Waals surface area contributed by atoms with Gasteiger partial charge in [-0.2, -0.15) is 5.10 Å². The van der Waals surface area contributed by atoms with Crippen LogP contribution in [0.3, 0.4) is 0 Å². The third-order valence-electron chi connectivity index (χ3n) is 3.74. The first-order valence-electron chi connectivity index (χ1n) is 6.76. The van der Waals surface area contributed by atoms with Crippen molar-refractivity contribution >= 4 is 15.9 Å². The van der Waals surface area contributed by atoms with Gasteiger partial charge in [-0.3, -0.25) is 4.68 Å². The number of rotatable bonds is 2. The minimum absolute atomic E-state index is 0.542. The minimum atomic E-state index is 0.542. The molecule has 1 aliphatic rings. The van der Waals surface area contributed by atoms with Gasteiger partial charge in [0.05, 0.1) is 11.7 Å². The van der Waals surface area contributed by atoms with Crippen LogP contribution in [0, 0.1) is 6.92 Å². The molecule has 1 saturated heterocycles. The van der Waals surface area contributed by atoms with E-state index in [0.717, 1.165) is 23.3 Å². The van der Waals surface area contributed by atoms with Crippen molar-refractivity contribution in [2.24, 2.45) is 0 Å². The average molecular weight is 320 g/mol. The normalized spacial score (nSPS) is 16.7. The van der Waals surface area contributed by atoms with Gasteiger partial charge in [-0.05, 0) is 50.6 Å². The lowest BCUT2D eigenvalue weighted by Gasteiger charge is -2.22. The Morgan fingerprint density at radius 2 is 2.11 bits per heavy atom. The summed E-state index contributed by atoms with van der Waals surface area (Å²) >= 11 is 3.53. The zero-order valence-corrected chi connectivity index (χ0v) is 12.7. The largest absolute Gasteiger partial charge is 0.317 e. The Hall–Kier alpha value is -1.13. The molecule has 0 saturated carbocycles. The number of hydrogen-bond donors (Lipinski definition) is 1.